The van der Waals surface area contributed by atoms with Gasteiger partial charge in [-0.25, -0.2) is 4.98 Å². The fourth-order valence-corrected chi connectivity index (χ4v) is 4.76. The number of aromatic nitrogens is 2. The summed E-state index contributed by atoms with van der Waals surface area (Å²) in [4.78, 5) is 29.3. The van der Waals surface area contributed by atoms with Gasteiger partial charge in [-0.2, -0.15) is 0 Å². The molecule has 0 aromatic carbocycles. The molecule has 0 saturated carbocycles. The lowest BCUT2D eigenvalue weighted by molar-refractivity contribution is -0.135. The Kier molecular flexibility index (Phi) is 5.82. The van der Waals surface area contributed by atoms with Crippen LogP contribution < -0.4 is 5.32 Å². The summed E-state index contributed by atoms with van der Waals surface area (Å²) in [6.07, 6.45) is 6.36. The van der Waals surface area contributed by atoms with Gasteiger partial charge in [0.05, 0.1) is 18.3 Å². The number of piperazine rings is 1. The summed E-state index contributed by atoms with van der Waals surface area (Å²) in [5.41, 5.74) is 1.01. The molecular weight excluding hydrogens is 374 g/mol. The number of thiazole rings is 1. The highest BCUT2D eigenvalue weighted by Gasteiger charge is 2.30. The van der Waals surface area contributed by atoms with E-state index >= 15 is 0 Å². The minimum absolute atomic E-state index is 0.0336. The summed E-state index contributed by atoms with van der Waals surface area (Å²) in [5, 5.41) is 5.46. The molecule has 4 heterocycles. The van der Waals surface area contributed by atoms with E-state index in [0.717, 1.165) is 68.7 Å². The number of guanidine groups is 1. The van der Waals surface area contributed by atoms with Gasteiger partial charge >= 0.3 is 0 Å². The first-order valence-electron chi connectivity index (χ1n) is 10.0. The van der Waals surface area contributed by atoms with Crippen molar-refractivity contribution in [3.8, 4) is 0 Å². The van der Waals surface area contributed by atoms with E-state index in [2.05, 4.69) is 31.3 Å². The van der Waals surface area contributed by atoms with Crippen LogP contribution in [-0.2, 0) is 11.3 Å². The third-order valence-electron chi connectivity index (χ3n) is 5.72. The van der Waals surface area contributed by atoms with Crippen molar-refractivity contribution in [2.45, 2.75) is 32.4 Å². The normalized spacial score (nSPS) is 20.1. The van der Waals surface area contributed by atoms with Crippen molar-refractivity contribution in [1.29, 1.82) is 0 Å². The van der Waals surface area contributed by atoms with Crippen LogP contribution in [0, 0.1) is 0 Å². The molecule has 1 atom stereocenters. The van der Waals surface area contributed by atoms with E-state index in [4.69, 9.17) is 0 Å². The Morgan fingerprint density at radius 3 is 2.64 bits per heavy atom. The van der Waals surface area contributed by atoms with Gasteiger partial charge in [0.15, 0.2) is 10.9 Å². The molecule has 2 aromatic rings. The first kappa shape index (κ1) is 19.2. The third-order valence-corrected chi connectivity index (χ3v) is 6.49. The number of fused-ring (bicyclic) bond motifs is 1. The van der Waals surface area contributed by atoms with E-state index < -0.39 is 0 Å². The van der Waals surface area contributed by atoms with E-state index in [1.807, 2.05) is 34.8 Å². The van der Waals surface area contributed by atoms with E-state index in [1.54, 1.807) is 11.3 Å². The minimum atomic E-state index is -0.0336. The quantitative estimate of drug-likeness (QED) is 0.612. The molecule has 2 aromatic heterocycles. The SMILES string of the molecule is CN=C(NCc1cn2ccsc2n1)N1CCN(C(C)C(=O)N2CCCC2)CC1. The molecule has 28 heavy (non-hydrogen) atoms. The van der Waals surface area contributed by atoms with Crippen LogP contribution in [0.1, 0.15) is 25.5 Å². The first-order chi connectivity index (χ1) is 13.7. The van der Waals surface area contributed by atoms with E-state index in [-0.39, 0.29) is 11.9 Å². The Hall–Kier alpha value is -2.13. The smallest absolute Gasteiger partial charge is 0.239 e. The Morgan fingerprint density at radius 1 is 1.21 bits per heavy atom. The van der Waals surface area contributed by atoms with Crippen molar-refractivity contribution in [3.63, 3.8) is 0 Å². The van der Waals surface area contributed by atoms with Crippen LogP contribution in [0.4, 0.5) is 0 Å². The molecule has 2 aliphatic rings. The summed E-state index contributed by atoms with van der Waals surface area (Å²) >= 11 is 1.64. The highest BCUT2D eigenvalue weighted by molar-refractivity contribution is 7.15. The van der Waals surface area contributed by atoms with Gasteiger partial charge in [-0.1, -0.05) is 0 Å². The van der Waals surface area contributed by atoms with E-state index in [0.29, 0.717) is 6.54 Å². The minimum Gasteiger partial charge on any atom is -0.351 e. The van der Waals surface area contributed by atoms with Gasteiger partial charge in [0.25, 0.3) is 0 Å². The second kappa shape index (κ2) is 8.48. The van der Waals surface area contributed by atoms with Crippen molar-refractivity contribution in [3.05, 3.63) is 23.5 Å². The maximum absolute atomic E-state index is 12.7. The molecule has 1 N–H and O–H groups in total. The molecule has 8 nitrogen and oxygen atoms in total. The standard InChI is InChI=1S/C19H29N7OS/c1-15(17(27)24-5-3-4-6-24)23-7-9-25(10-8-23)18(20-2)21-13-16-14-26-11-12-28-19(26)22-16/h11-12,14-15H,3-10,13H2,1-2H3,(H,20,21). The summed E-state index contributed by atoms with van der Waals surface area (Å²) in [6, 6.07) is -0.0336. The van der Waals surface area contributed by atoms with Gasteiger partial charge in [0.2, 0.25) is 5.91 Å². The summed E-state index contributed by atoms with van der Waals surface area (Å²) in [7, 11) is 1.82. The van der Waals surface area contributed by atoms with Gasteiger partial charge in [-0.3, -0.25) is 19.1 Å². The van der Waals surface area contributed by atoms with Crippen molar-refractivity contribution in [1.82, 2.24) is 29.4 Å². The predicted octanol–water partition coefficient (Wildman–Crippen LogP) is 1.10. The number of likely N-dealkylation sites (tertiary alicyclic amines) is 1. The molecule has 2 fully saturated rings. The van der Waals surface area contributed by atoms with E-state index in [1.165, 1.54) is 0 Å². The average molecular weight is 404 g/mol. The van der Waals surface area contributed by atoms with Crippen LogP contribution in [-0.4, -0.2) is 88.3 Å². The Morgan fingerprint density at radius 2 is 1.96 bits per heavy atom. The van der Waals surface area contributed by atoms with Crippen molar-refractivity contribution in [2.24, 2.45) is 4.99 Å². The van der Waals surface area contributed by atoms with Crippen LogP contribution in [0.2, 0.25) is 0 Å². The number of hydrogen-bond donors (Lipinski definition) is 1. The van der Waals surface area contributed by atoms with Crippen molar-refractivity contribution < 1.29 is 4.79 Å². The molecule has 2 saturated heterocycles. The van der Waals surface area contributed by atoms with Crippen molar-refractivity contribution in [2.75, 3.05) is 46.3 Å². The molecule has 2 aliphatic heterocycles. The molecule has 1 amide bonds. The zero-order chi connectivity index (χ0) is 19.5. The molecule has 4 rings (SSSR count). The molecule has 1 unspecified atom stereocenters. The highest BCUT2D eigenvalue weighted by atomic mass is 32.1. The van der Waals surface area contributed by atoms with Crippen LogP contribution in [0.5, 0.6) is 0 Å². The fourth-order valence-electron chi connectivity index (χ4n) is 4.04. The number of nitrogens with zero attached hydrogens (tertiary/aromatic N) is 6. The van der Waals surface area contributed by atoms with Gasteiger partial charge in [-0.15, -0.1) is 11.3 Å². The second-order valence-corrected chi connectivity index (χ2v) is 8.33. The van der Waals surface area contributed by atoms with Crippen LogP contribution in [0.15, 0.2) is 22.8 Å². The number of carbonyl (C=O) groups is 1. The first-order valence-corrected chi connectivity index (χ1v) is 10.9. The van der Waals surface area contributed by atoms with Crippen molar-refractivity contribution >= 4 is 28.2 Å². The highest BCUT2D eigenvalue weighted by Crippen LogP contribution is 2.14. The second-order valence-electron chi connectivity index (χ2n) is 7.46. The third kappa shape index (κ3) is 4.00. The number of rotatable bonds is 4. The molecule has 152 valence electrons. The lowest BCUT2D eigenvalue weighted by atomic mass is 10.2. The monoisotopic (exact) mass is 403 g/mol. The number of nitrogens with one attached hydrogen (secondary N) is 1. The maximum Gasteiger partial charge on any atom is 0.239 e. The van der Waals surface area contributed by atoms with Crippen LogP contribution in [0.25, 0.3) is 4.96 Å². The van der Waals surface area contributed by atoms with Gasteiger partial charge in [0.1, 0.15) is 0 Å². The Labute approximate surface area is 169 Å². The summed E-state index contributed by atoms with van der Waals surface area (Å²) < 4.78 is 2.04. The molecule has 0 spiro atoms. The summed E-state index contributed by atoms with van der Waals surface area (Å²) in [5.74, 6) is 1.18. The number of imidazole rings is 1. The Bertz CT molecular complexity index is 802. The lowest BCUT2D eigenvalue weighted by Crippen LogP contribution is -2.57. The number of aliphatic imine (C=N–C) groups is 1. The Balaban J connectivity index is 1.27. The molecule has 0 radical (unpaired) electrons. The lowest BCUT2D eigenvalue weighted by Gasteiger charge is -2.39. The molecular formula is C19H29N7OS. The zero-order valence-electron chi connectivity index (χ0n) is 16.7. The largest absolute Gasteiger partial charge is 0.351 e. The summed E-state index contributed by atoms with van der Waals surface area (Å²) in [6.45, 7) is 8.05. The molecule has 0 bridgehead atoms. The van der Waals surface area contributed by atoms with Gasteiger partial charge in [-0.05, 0) is 19.8 Å². The van der Waals surface area contributed by atoms with Gasteiger partial charge < -0.3 is 15.1 Å². The topological polar surface area (TPSA) is 68.5 Å². The van der Waals surface area contributed by atoms with Crippen LogP contribution in [0.3, 0.4) is 0 Å². The maximum atomic E-state index is 12.7. The predicted molar refractivity (Wildman–Crippen MR) is 112 cm³/mol. The van der Waals surface area contributed by atoms with E-state index in [9.17, 15) is 4.79 Å². The number of amides is 1. The average Bonchev–Trinajstić information content (AvgIpc) is 3.45. The number of hydrogen-bond acceptors (Lipinski definition) is 5. The van der Waals surface area contributed by atoms with Gasteiger partial charge in [0, 0.05) is 64.1 Å². The number of carbonyl (C=O) groups excluding carboxylic acids is 1. The van der Waals surface area contributed by atoms with Crippen LogP contribution >= 0.6 is 11.3 Å². The molecule has 9 heteroatoms. The molecule has 0 aliphatic carbocycles. The fraction of sp³-hybridized carbons (Fsp3) is 0.632. The zero-order valence-corrected chi connectivity index (χ0v) is 17.5.